The molecule has 0 aromatic heterocycles. The van der Waals surface area contributed by atoms with Crippen LogP contribution in [-0.4, -0.2) is 24.8 Å². The first-order valence-corrected chi connectivity index (χ1v) is 7.61. The Kier molecular flexibility index (Phi) is 5.92. The van der Waals surface area contributed by atoms with Crippen LogP contribution in [0.1, 0.15) is 35.7 Å². The first kappa shape index (κ1) is 16.7. The van der Waals surface area contributed by atoms with E-state index in [1.807, 2.05) is 30.3 Å². The summed E-state index contributed by atoms with van der Waals surface area (Å²) in [5, 5.41) is 2.86. The van der Waals surface area contributed by atoms with Gasteiger partial charge in [0.2, 0.25) is 0 Å². The van der Waals surface area contributed by atoms with Crippen LogP contribution in [0.3, 0.4) is 0 Å². The second kappa shape index (κ2) is 8.13. The van der Waals surface area contributed by atoms with Gasteiger partial charge in [-0.15, -0.1) is 0 Å². The maximum absolute atomic E-state index is 11.9. The zero-order valence-electron chi connectivity index (χ0n) is 13.4. The number of carbonyl (C=O) groups excluding carboxylic acids is 2. The predicted octanol–water partition coefficient (Wildman–Crippen LogP) is 3.19. The van der Waals surface area contributed by atoms with E-state index in [1.165, 1.54) is 12.5 Å². The molecule has 0 aliphatic carbocycles. The summed E-state index contributed by atoms with van der Waals surface area (Å²) in [6.45, 7) is 4.05. The molecule has 1 atom stereocenters. The Morgan fingerprint density at radius 3 is 2.52 bits per heavy atom. The van der Waals surface area contributed by atoms with Crippen LogP contribution in [0.15, 0.2) is 54.6 Å². The predicted molar refractivity (Wildman–Crippen MR) is 89.8 cm³/mol. The van der Waals surface area contributed by atoms with Crippen LogP contribution in [-0.2, 0) is 4.79 Å². The summed E-state index contributed by atoms with van der Waals surface area (Å²) >= 11 is 0. The summed E-state index contributed by atoms with van der Waals surface area (Å²) in [5.74, 6) is 0.544. The van der Waals surface area contributed by atoms with Crippen molar-refractivity contribution >= 4 is 11.7 Å². The monoisotopic (exact) mass is 311 g/mol. The highest BCUT2D eigenvalue weighted by Gasteiger charge is 2.08. The number of ketones is 1. The lowest BCUT2D eigenvalue weighted by atomic mass is 10.0. The Hall–Kier alpha value is -2.62. The molecular weight excluding hydrogens is 290 g/mol. The number of amides is 1. The highest BCUT2D eigenvalue weighted by atomic mass is 16.5. The standard InChI is InChI=1S/C19H21NO3/c1-14(16-7-4-3-5-8-16)12-20-19(22)13-23-18-10-6-9-17(11-18)15(2)21/h3-11,14H,12-13H2,1-2H3,(H,20,22). The number of benzene rings is 2. The molecule has 0 spiro atoms. The molecular formula is C19H21NO3. The second-order valence-corrected chi connectivity index (χ2v) is 5.49. The fourth-order valence-corrected chi connectivity index (χ4v) is 2.17. The molecule has 2 aromatic rings. The number of Topliss-reactive ketones (excluding diaryl/α,β-unsaturated/α-hetero) is 1. The van der Waals surface area contributed by atoms with E-state index >= 15 is 0 Å². The number of nitrogens with one attached hydrogen (secondary N) is 1. The van der Waals surface area contributed by atoms with Gasteiger partial charge >= 0.3 is 0 Å². The average Bonchev–Trinajstić information content (AvgIpc) is 2.58. The molecule has 0 saturated carbocycles. The Morgan fingerprint density at radius 1 is 1.09 bits per heavy atom. The molecule has 4 nitrogen and oxygen atoms in total. The van der Waals surface area contributed by atoms with Gasteiger partial charge < -0.3 is 10.1 Å². The summed E-state index contributed by atoms with van der Waals surface area (Å²) in [6, 6.07) is 16.9. The van der Waals surface area contributed by atoms with E-state index in [9.17, 15) is 9.59 Å². The van der Waals surface area contributed by atoms with Crippen molar-refractivity contribution < 1.29 is 14.3 Å². The first-order valence-electron chi connectivity index (χ1n) is 7.61. The third-order valence-electron chi connectivity index (χ3n) is 3.58. The van der Waals surface area contributed by atoms with Crippen molar-refractivity contribution in [2.45, 2.75) is 19.8 Å². The highest BCUT2D eigenvalue weighted by Crippen LogP contribution is 2.14. The van der Waals surface area contributed by atoms with Gasteiger partial charge in [0.05, 0.1) is 0 Å². The van der Waals surface area contributed by atoms with Crippen LogP contribution >= 0.6 is 0 Å². The third kappa shape index (κ3) is 5.25. The first-order chi connectivity index (χ1) is 11.1. The van der Waals surface area contributed by atoms with Crippen LogP contribution in [0, 0.1) is 0 Å². The maximum atomic E-state index is 11.9. The van der Waals surface area contributed by atoms with Crippen LogP contribution in [0.5, 0.6) is 5.75 Å². The number of hydrogen-bond donors (Lipinski definition) is 1. The minimum atomic E-state index is -0.180. The van der Waals surface area contributed by atoms with Crippen LogP contribution in [0.2, 0.25) is 0 Å². The largest absolute Gasteiger partial charge is 0.484 e. The summed E-state index contributed by atoms with van der Waals surface area (Å²) in [7, 11) is 0. The van der Waals surface area contributed by atoms with Gasteiger partial charge in [0, 0.05) is 12.1 Å². The van der Waals surface area contributed by atoms with Gasteiger partial charge in [0.1, 0.15) is 5.75 Å². The Morgan fingerprint density at radius 2 is 1.83 bits per heavy atom. The van der Waals surface area contributed by atoms with E-state index < -0.39 is 0 Å². The van der Waals surface area contributed by atoms with Crippen LogP contribution in [0.25, 0.3) is 0 Å². The highest BCUT2D eigenvalue weighted by molar-refractivity contribution is 5.94. The van der Waals surface area contributed by atoms with Crippen molar-refractivity contribution in [1.29, 1.82) is 0 Å². The summed E-state index contributed by atoms with van der Waals surface area (Å²) in [4.78, 5) is 23.2. The van der Waals surface area contributed by atoms with Crippen molar-refractivity contribution in [2.24, 2.45) is 0 Å². The number of carbonyl (C=O) groups is 2. The smallest absolute Gasteiger partial charge is 0.257 e. The van der Waals surface area contributed by atoms with Crippen molar-refractivity contribution in [2.75, 3.05) is 13.2 Å². The lowest BCUT2D eigenvalue weighted by Crippen LogP contribution is -2.31. The molecule has 0 heterocycles. The molecule has 0 bridgehead atoms. The van der Waals surface area contributed by atoms with Gasteiger partial charge in [-0.05, 0) is 30.5 Å². The van der Waals surface area contributed by atoms with Crippen LogP contribution < -0.4 is 10.1 Å². The van der Waals surface area contributed by atoms with E-state index in [2.05, 4.69) is 12.2 Å². The third-order valence-corrected chi connectivity index (χ3v) is 3.58. The Labute approximate surface area is 136 Å². The minimum absolute atomic E-state index is 0.0309. The van der Waals surface area contributed by atoms with E-state index in [4.69, 9.17) is 4.74 Å². The van der Waals surface area contributed by atoms with Crippen molar-refractivity contribution in [3.05, 3.63) is 65.7 Å². The van der Waals surface area contributed by atoms with E-state index in [0.717, 1.165) is 0 Å². The fourth-order valence-electron chi connectivity index (χ4n) is 2.17. The molecule has 1 unspecified atom stereocenters. The maximum Gasteiger partial charge on any atom is 0.257 e. The molecule has 2 rings (SSSR count). The molecule has 2 aromatic carbocycles. The molecule has 0 aliphatic rings. The summed E-state index contributed by atoms with van der Waals surface area (Å²) in [6.07, 6.45) is 0. The topological polar surface area (TPSA) is 55.4 Å². The Bertz CT molecular complexity index is 667. The molecule has 0 fully saturated rings. The van der Waals surface area contributed by atoms with Gasteiger partial charge in [0.15, 0.2) is 12.4 Å². The number of ether oxygens (including phenoxy) is 1. The molecule has 120 valence electrons. The van der Waals surface area contributed by atoms with E-state index in [0.29, 0.717) is 17.9 Å². The zero-order chi connectivity index (χ0) is 16.7. The molecule has 0 radical (unpaired) electrons. The molecule has 4 heteroatoms. The SMILES string of the molecule is CC(=O)c1cccc(OCC(=O)NCC(C)c2ccccc2)c1. The van der Waals surface area contributed by atoms with Gasteiger partial charge in [-0.3, -0.25) is 9.59 Å². The molecule has 0 saturated heterocycles. The fraction of sp³-hybridized carbons (Fsp3) is 0.263. The molecule has 1 amide bonds. The quantitative estimate of drug-likeness (QED) is 0.799. The molecule has 0 aliphatic heterocycles. The van der Waals surface area contributed by atoms with Crippen LogP contribution in [0.4, 0.5) is 0 Å². The van der Waals surface area contributed by atoms with E-state index in [1.54, 1.807) is 24.3 Å². The van der Waals surface area contributed by atoms with Crippen molar-refractivity contribution in [3.63, 3.8) is 0 Å². The lowest BCUT2D eigenvalue weighted by Gasteiger charge is -2.13. The second-order valence-electron chi connectivity index (χ2n) is 5.49. The van der Waals surface area contributed by atoms with E-state index in [-0.39, 0.29) is 24.2 Å². The van der Waals surface area contributed by atoms with Crippen molar-refractivity contribution in [1.82, 2.24) is 5.32 Å². The van der Waals surface area contributed by atoms with Gasteiger partial charge in [-0.1, -0.05) is 49.4 Å². The molecule has 1 N–H and O–H groups in total. The van der Waals surface area contributed by atoms with Gasteiger partial charge in [-0.25, -0.2) is 0 Å². The lowest BCUT2D eigenvalue weighted by molar-refractivity contribution is -0.123. The zero-order valence-corrected chi connectivity index (χ0v) is 13.4. The number of rotatable bonds is 7. The minimum Gasteiger partial charge on any atom is -0.484 e. The summed E-state index contributed by atoms with van der Waals surface area (Å²) < 4.78 is 5.43. The molecule has 23 heavy (non-hydrogen) atoms. The van der Waals surface area contributed by atoms with Gasteiger partial charge in [0.25, 0.3) is 5.91 Å². The number of hydrogen-bond acceptors (Lipinski definition) is 3. The Balaban J connectivity index is 1.79. The summed E-state index contributed by atoms with van der Waals surface area (Å²) in [5.41, 5.74) is 1.75. The van der Waals surface area contributed by atoms with Crippen molar-refractivity contribution in [3.8, 4) is 5.75 Å². The average molecular weight is 311 g/mol. The normalized spacial score (nSPS) is 11.6. The van der Waals surface area contributed by atoms with Gasteiger partial charge in [-0.2, -0.15) is 0 Å².